The number of halogens is 3. The second-order valence-corrected chi connectivity index (χ2v) is 9.52. The Kier molecular flexibility index (Phi) is 7.73. The van der Waals surface area contributed by atoms with Gasteiger partial charge in [-0.1, -0.05) is 12.0 Å². The summed E-state index contributed by atoms with van der Waals surface area (Å²) >= 11 is 0. The SMILES string of the molecule is COc1nnc(C(=O)Nc2ccc(CN3CCN(C)CC3)c(C(F)(F)F)c2)cc1C#Cc1nnc2ccc(N)cn12. The molecule has 5 rings (SSSR count). The minimum atomic E-state index is -4.60. The zero-order valence-corrected chi connectivity index (χ0v) is 22.2. The number of piperazine rings is 1. The van der Waals surface area contributed by atoms with E-state index in [0.29, 0.717) is 24.4 Å². The number of hydrogen-bond acceptors (Lipinski definition) is 9. The molecule has 1 aliphatic heterocycles. The first kappa shape index (κ1) is 27.8. The van der Waals surface area contributed by atoms with Crippen LogP contribution in [0.2, 0.25) is 0 Å². The van der Waals surface area contributed by atoms with E-state index in [1.165, 1.54) is 25.3 Å². The number of rotatable bonds is 5. The topological polar surface area (TPSA) is 127 Å². The molecular formula is C27H26F3N9O2. The van der Waals surface area contributed by atoms with E-state index in [1.54, 1.807) is 22.7 Å². The number of aromatic nitrogens is 5. The lowest BCUT2D eigenvalue weighted by molar-refractivity contribution is -0.138. The number of benzene rings is 1. The van der Waals surface area contributed by atoms with Crippen LogP contribution in [-0.4, -0.2) is 80.8 Å². The van der Waals surface area contributed by atoms with Crippen LogP contribution in [0.1, 0.15) is 33.0 Å². The summed E-state index contributed by atoms with van der Waals surface area (Å²) in [6, 6.07) is 8.47. The standard InChI is InChI=1S/C27H26F3N9O2/c1-37-9-11-38(12-10-37)15-18-3-6-20(14-21(18)27(28,29)30)32-25(40)22-13-17(26(41-2)36-33-22)4-7-23-34-35-24-8-5-19(31)16-39(23)24/h3,5-6,8,13-14,16H,9-12,15,31H2,1-2H3,(H,32,40). The van der Waals surface area contributed by atoms with Crippen LogP contribution in [-0.2, 0) is 12.7 Å². The first-order valence-electron chi connectivity index (χ1n) is 12.6. The number of anilines is 2. The number of nitrogens with zero attached hydrogens (tertiary/aromatic N) is 7. The van der Waals surface area contributed by atoms with Gasteiger partial charge < -0.3 is 20.7 Å². The Morgan fingerprint density at radius 2 is 1.83 bits per heavy atom. The lowest BCUT2D eigenvalue weighted by atomic mass is 10.0. The number of carbonyl (C=O) groups is 1. The van der Waals surface area contributed by atoms with E-state index in [4.69, 9.17) is 10.5 Å². The minimum absolute atomic E-state index is 0.0257. The van der Waals surface area contributed by atoms with Crippen LogP contribution < -0.4 is 15.8 Å². The summed E-state index contributed by atoms with van der Waals surface area (Å²) in [4.78, 5) is 17.1. The lowest BCUT2D eigenvalue weighted by Gasteiger charge is -2.33. The summed E-state index contributed by atoms with van der Waals surface area (Å²) in [6.07, 6.45) is -2.98. The molecule has 0 spiro atoms. The minimum Gasteiger partial charge on any atom is -0.479 e. The highest BCUT2D eigenvalue weighted by Crippen LogP contribution is 2.34. The molecule has 0 bridgehead atoms. The molecule has 3 N–H and O–H groups in total. The zero-order valence-electron chi connectivity index (χ0n) is 22.2. The highest BCUT2D eigenvalue weighted by molar-refractivity contribution is 6.03. The van der Waals surface area contributed by atoms with Crippen LogP contribution in [0, 0.1) is 11.8 Å². The quantitative estimate of drug-likeness (QED) is 0.351. The van der Waals surface area contributed by atoms with E-state index in [-0.39, 0.29) is 40.8 Å². The second-order valence-electron chi connectivity index (χ2n) is 9.52. The molecule has 4 aromatic rings. The number of carbonyl (C=O) groups excluding carboxylic acids is 1. The number of nitrogens with two attached hydrogens (primary N) is 1. The Morgan fingerprint density at radius 3 is 2.56 bits per heavy atom. The Labute approximate surface area is 233 Å². The maximum atomic E-state index is 14.0. The number of nitrogens with one attached hydrogen (secondary N) is 1. The van der Waals surface area contributed by atoms with Gasteiger partial charge in [0.1, 0.15) is 0 Å². The molecule has 1 fully saturated rings. The van der Waals surface area contributed by atoms with Crippen LogP contribution in [0.15, 0.2) is 42.6 Å². The zero-order chi connectivity index (χ0) is 29.1. The van der Waals surface area contributed by atoms with E-state index < -0.39 is 17.6 Å². The monoisotopic (exact) mass is 565 g/mol. The summed E-state index contributed by atoms with van der Waals surface area (Å²) < 4.78 is 48.7. The van der Waals surface area contributed by atoms with Gasteiger partial charge in [-0.2, -0.15) is 13.2 Å². The first-order valence-corrected chi connectivity index (χ1v) is 12.6. The summed E-state index contributed by atoms with van der Waals surface area (Å²) in [5.41, 5.74) is 6.23. The number of fused-ring (bicyclic) bond motifs is 1. The first-order chi connectivity index (χ1) is 19.6. The number of alkyl halides is 3. The Balaban J connectivity index is 1.37. The normalized spacial score (nSPS) is 14.5. The molecule has 41 heavy (non-hydrogen) atoms. The summed E-state index contributed by atoms with van der Waals surface area (Å²) in [5, 5.41) is 18.3. The van der Waals surface area contributed by atoms with Gasteiger partial charge >= 0.3 is 6.18 Å². The van der Waals surface area contributed by atoms with Crippen LogP contribution >= 0.6 is 0 Å². The predicted molar refractivity (Wildman–Crippen MR) is 144 cm³/mol. The third-order valence-electron chi connectivity index (χ3n) is 6.58. The fourth-order valence-electron chi connectivity index (χ4n) is 4.35. The van der Waals surface area contributed by atoms with E-state index in [9.17, 15) is 18.0 Å². The van der Waals surface area contributed by atoms with Gasteiger partial charge in [0, 0.05) is 50.3 Å². The number of likely N-dealkylation sites (N-methyl/N-ethyl adjacent to an activating group) is 1. The van der Waals surface area contributed by atoms with Gasteiger partial charge in [-0.15, -0.1) is 20.4 Å². The number of hydrogen-bond donors (Lipinski definition) is 2. The highest BCUT2D eigenvalue weighted by Gasteiger charge is 2.34. The molecule has 0 unspecified atom stereocenters. The molecule has 4 heterocycles. The molecular weight excluding hydrogens is 539 g/mol. The highest BCUT2D eigenvalue weighted by atomic mass is 19.4. The Morgan fingerprint density at radius 1 is 1.05 bits per heavy atom. The van der Waals surface area contributed by atoms with Crippen LogP contribution in [0.25, 0.3) is 5.65 Å². The Hall–Kier alpha value is -4.74. The van der Waals surface area contributed by atoms with Gasteiger partial charge in [0.15, 0.2) is 11.3 Å². The van der Waals surface area contributed by atoms with E-state index in [0.717, 1.165) is 19.2 Å². The van der Waals surface area contributed by atoms with Crippen molar-refractivity contribution in [2.24, 2.45) is 0 Å². The fraction of sp³-hybridized carbons (Fsp3) is 0.296. The molecule has 212 valence electrons. The lowest BCUT2D eigenvalue weighted by Crippen LogP contribution is -2.44. The van der Waals surface area contributed by atoms with Crippen molar-refractivity contribution in [3.05, 3.63) is 70.8 Å². The van der Waals surface area contributed by atoms with Crippen molar-refractivity contribution in [3.8, 4) is 17.7 Å². The maximum absolute atomic E-state index is 14.0. The van der Waals surface area contributed by atoms with E-state index in [2.05, 4.69) is 42.5 Å². The van der Waals surface area contributed by atoms with E-state index in [1.807, 2.05) is 11.9 Å². The third-order valence-corrected chi connectivity index (χ3v) is 6.58. The number of methoxy groups -OCH3 is 1. The van der Waals surface area contributed by atoms with Crippen molar-refractivity contribution in [2.45, 2.75) is 12.7 Å². The van der Waals surface area contributed by atoms with Gasteiger partial charge in [0.25, 0.3) is 5.91 Å². The van der Waals surface area contributed by atoms with Crippen LogP contribution in [0.4, 0.5) is 24.5 Å². The Bertz CT molecular complexity index is 1650. The molecule has 0 radical (unpaired) electrons. The summed E-state index contributed by atoms with van der Waals surface area (Å²) in [5.74, 6) is 5.25. The van der Waals surface area contributed by atoms with E-state index >= 15 is 0 Å². The van der Waals surface area contributed by atoms with Gasteiger partial charge in [0.2, 0.25) is 11.7 Å². The van der Waals surface area contributed by atoms with Crippen molar-refractivity contribution in [1.29, 1.82) is 0 Å². The molecule has 1 aromatic carbocycles. The largest absolute Gasteiger partial charge is 0.479 e. The van der Waals surface area contributed by atoms with Gasteiger partial charge in [-0.05, 0) is 48.9 Å². The van der Waals surface area contributed by atoms with Crippen molar-refractivity contribution in [1.82, 2.24) is 34.6 Å². The van der Waals surface area contributed by atoms with Crippen LogP contribution in [0.3, 0.4) is 0 Å². The number of amides is 1. The number of ether oxygens (including phenoxy) is 1. The number of pyridine rings is 1. The smallest absolute Gasteiger partial charge is 0.416 e. The molecule has 3 aromatic heterocycles. The number of nitrogen functional groups attached to an aromatic ring is 1. The fourth-order valence-corrected chi connectivity index (χ4v) is 4.35. The van der Waals surface area contributed by atoms with Crippen molar-refractivity contribution >= 4 is 22.9 Å². The van der Waals surface area contributed by atoms with Crippen molar-refractivity contribution in [2.75, 3.05) is 51.4 Å². The summed E-state index contributed by atoms with van der Waals surface area (Å²) in [7, 11) is 3.35. The van der Waals surface area contributed by atoms with Gasteiger partial charge in [-0.25, -0.2) is 0 Å². The molecule has 0 atom stereocenters. The average molecular weight is 566 g/mol. The molecule has 0 saturated carbocycles. The summed E-state index contributed by atoms with van der Waals surface area (Å²) in [6.45, 7) is 3.09. The third kappa shape index (κ3) is 6.37. The predicted octanol–water partition coefficient (Wildman–Crippen LogP) is 2.53. The van der Waals surface area contributed by atoms with Gasteiger partial charge in [-0.3, -0.25) is 14.1 Å². The van der Waals surface area contributed by atoms with Crippen LogP contribution in [0.5, 0.6) is 5.88 Å². The molecule has 1 saturated heterocycles. The van der Waals surface area contributed by atoms with Gasteiger partial charge in [0.05, 0.1) is 18.2 Å². The average Bonchev–Trinajstić information content (AvgIpc) is 3.35. The van der Waals surface area contributed by atoms with Crippen molar-refractivity contribution < 1.29 is 22.7 Å². The second kappa shape index (κ2) is 11.4. The molecule has 1 amide bonds. The molecule has 1 aliphatic rings. The molecule has 11 nitrogen and oxygen atoms in total. The molecule has 0 aliphatic carbocycles. The molecule has 14 heteroatoms. The maximum Gasteiger partial charge on any atom is 0.416 e. The van der Waals surface area contributed by atoms with Crippen molar-refractivity contribution in [3.63, 3.8) is 0 Å².